The van der Waals surface area contributed by atoms with Crippen molar-refractivity contribution in [1.29, 1.82) is 0 Å². The van der Waals surface area contributed by atoms with Crippen LogP contribution in [-0.2, 0) is 44.4 Å². The minimum absolute atomic E-state index is 0.0375. The molecule has 0 amide bonds. The van der Waals surface area contributed by atoms with Crippen molar-refractivity contribution in [3.8, 4) is 23.0 Å². The van der Waals surface area contributed by atoms with Gasteiger partial charge in [-0.05, 0) is 119 Å². The minimum Gasteiger partial charge on any atom is -0.508 e. The summed E-state index contributed by atoms with van der Waals surface area (Å²) in [6.07, 6.45) is -6.53. The molecule has 2 fully saturated rings. The Morgan fingerprint density at radius 1 is 0.795 bits per heavy atom. The van der Waals surface area contributed by atoms with E-state index in [-0.39, 0.29) is 52.6 Å². The Balaban J connectivity index is 0.000000214. The second kappa shape index (κ2) is 30.7. The molecule has 0 aliphatic carbocycles. The molecular weight excluding hydrogens is 1080 g/mol. The molecule has 456 valence electrons. The number of allylic oxidation sites excluding steroid dienone is 3. The van der Waals surface area contributed by atoms with Crippen LogP contribution in [0.3, 0.4) is 0 Å². The number of ether oxygens (including phenoxy) is 8. The molecule has 9 N–H and O–H groups in total. The Morgan fingerprint density at radius 2 is 1.48 bits per heavy atom. The maximum Gasteiger partial charge on any atom is 0.337 e. The highest BCUT2D eigenvalue weighted by atomic mass is 16.8. The Labute approximate surface area is 481 Å². The summed E-state index contributed by atoms with van der Waals surface area (Å²) in [7, 11) is 1.20. The Hall–Kier alpha value is -6.70. The summed E-state index contributed by atoms with van der Waals surface area (Å²) >= 11 is 0. The van der Waals surface area contributed by atoms with Crippen molar-refractivity contribution in [1.82, 2.24) is 0 Å². The first-order valence-electron chi connectivity index (χ1n) is 27.5. The summed E-state index contributed by atoms with van der Waals surface area (Å²) < 4.78 is 47.7. The van der Waals surface area contributed by atoms with E-state index in [1.807, 2.05) is 51.1 Å². The van der Waals surface area contributed by atoms with Gasteiger partial charge in [0.25, 0.3) is 0 Å². The number of aryl methyl sites for hydroxylation is 3. The SMILES string of the molecule is C/C=C1/[C@H](OC2OC(CO)C(O)C(O)C2O)OC=C(C(=O)OC)[C@H]1CC(=O)OCCC.C/C=C1\Oc2c(ccc(OC3OC(C)C(O)C(O)C3O)c2O)C1=O.CCC(C)C(C)Cc1ccc(C)c(O)c1.Cc1ccc2c(=O)c(C)coc2c1. The summed E-state index contributed by atoms with van der Waals surface area (Å²) in [6.45, 7) is 18.7. The van der Waals surface area contributed by atoms with Crippen molar-refractivity contribution in [2.45, 2.75) is 163 Å². The lowest BCUT2D eigenvalue weighted by Gasteiger charge is -2.41. The van der Waals surface area contributed by atoms with Crippen molar-refractivity contribution in [2.75, 3.05) is 20.3 Å². The fourth-order valence-electron chi connectivity index (χ4n) is 9.10. The summed E-state index contributed by atoms with van der Waals surface area (Å²) in [5.41, 5.74) is 5.31. The van der Waals surface area contributed by atoms with Gasteiger partial charge in [0.2, 0.25) is 24.1 Å². The zero-order valence-electron chi connectivity index (χ0n) is 48.6. The molecule has 1 aromatic heterocycles. The molecule has 22 heteroatoms. The number of phenolic OH excluding ortho intramolecular Hbond substituents is 2. The van der Waals surface area contributed by atoms with Crippen LogP contribution in [0.5, 0.6) is 23.0 Å². The molecule has 5 heterocycles. The van der Waals surface area contributed by atoms with E-state index in [2.05, 4.69) is 26.8 Å². The van der Waals surface area contributed by atoms with Crippen LogP contribution < -0.4 is 14.9 Å². The number of methoxy groups -OCH3 is 1. The Kier molecular flexibility index (Phi) is 24.8. The molecule has 14 atom stereocenters. The van der Waals surface area contributed by atoms with Crippen LogP contribution in [0, 0.1) is 38.5 Å². The fraction of sp³-hybridized carbons (Fsp3) is 0.508. The highest BCUT2D eigenvalue weighted by Crippen LogP contribution is 2.45. The first-order valence-corrected chi connectivity index (χ1v) is 27.5. The zero-order chi connectivity index (χ0) is 61.6. The lowest BCUT2D eigenvalue weighted by Crippen LogP contribution is -2.60. The number of aromatic hydroxyl groups is 2. The lowest BCUT2D eigenvalue weighted by molar-refractivity contribution is -0.327. The average Bonchev–Trinajstić information content (AvgIpc) is 3.97. The van der Waals surface area contributed by atoms with Crippen LogP contribution in [0.1, 0.15) is 100 Å². The lowest BCUT2D eigenvalue weighted by atomic mass is 9.86. The largest absolute Gasteiger partial charge is 0.508 e. The molecule has 0 saturated carbocycles. The fourth-order valence-corrected chi connectivity index (χ4v) is 9.10. The molecule has 4 aromatic rings. The normalized spacial score (nSPS) is 27.2. The number of Topliss-reactive ketones (excluding diaryl/α,β-unsaturated/α-hetero) is 1. The molecule has 4 aliphatic heterocycles. The van der Waals surface area contributed by atoms with E-state index in [4.69, 9.17) is 42.3 Å². The first kappa shape index (κ1) is 67.1. The van der Waals surface area contributed by atoms with E-state index >= 15 is 0 Å². The van der Waals surface area contributed by atoms with Gasteiger partial charge in [-0.15, -0.1) is 0 Å². The highest BCUT2D eigenvalue weighted by molar-refractivity contribution is 6.13. The smallest absolute Gasteiger partial charge is 0.337 e. The number of rotatable bonds is 14. The number of carbonyl (C=O) groups is 3. The predicted molar refractivity (Wildman–Crippen MR) is 300 cm³/mol. The molecule has 83 heavy (non-hydrogen) atoms. The maximum absolute atomic E-state index is 12.2. The summed E-state index contributed by atoms with van der Waals surface area (Å²) in [6, 6.07) is 14.4. The number of carbonyl (C=O) groups excluding carboxylic acids is 3. The van der Waals surface area contributed by atoms with Crippen LogP contribution in [-0.4, -0.2) is 152 Å². The third-order valence-corrected chi connectivity index (χ3v) is 14.7. The number of aliphatic hydroxyl groups excluding tert-OH is 7. The molecule has 22 nitrogen and oxygen atoms in total. The number of phenols is 2. The molecule has 2 saturated heterocycles. The first-order chi connectivity index (χ1) is 39.3. The van der Waals surface area contributed by atoms with Crippen molar-refractivity contribution < 1.29 is 103 Å². The van der Waals surface area contributed by atoms with Gasteiger partial charge in [0.05, 0.1) is 61.9 Å². The van der Waals surface area contributed by atoms with Gasteiger partial charge in [0, 0.05) is 17.1 Å². The topological polar surface area (TPSA) is 337 Å². The van der Waals surface area contributed by atoms with E-state index < -0.39 is 97.9 Å². The van der Waals surface area contributed by atoms with Gasteiger partial charge < -0.3 is 88.3 Å². The number of ketones is 1. The van der Waals surface area contributed by atoms with Crippen LogP contribution >= 0.6 is 0 Å². The van der Waals surface area contributed by atoms with Crippen LogP contribution in [0.4, 0.5) is 0 Å². The standard InChI is InChI=1S/C20H30O11.C16H18O8.C14H22O.C11H10O2/c1-4-6-28-14(22)7-11-10(5-2)19(29-9-12(11)18(26)27-3)31-20-17(25)16(24)15(23)13(8-21)30-20;1-3-8-11(18)7-4-5-9(12(19)15(7)23-8)24-16-14(21)13(20)10(17)6(2)22-16;1-5-10(2)12(4)8-13-7-6-11(3)14(15)9-13;1-7-3-4-9-10(5-7)13-6-8(2)11(9)12/h5,9,11,13,15-17,19-21,23-25H,4,6-8H2,1-3H3;3-6,10,13-14,16-17,19-21H,1-2H3;6-7,9-10,12,15H,5,8H2,1-4H3;3-6H,1-2H3/b10-5+;8-3-;;/t11-,13?,15?,16?,17?,19-,20?;;;/m0.../s1. The number of benzene rings is 3. The highest BCUT2D eigenvalue weighted by Gasteiger charge is 2.47. The molecule has 4 aliphatic rings. The van der Waals surface area contributed by atoms with Crippen molar-refractivity contribution >= 4 is 28.7 Å². The van der Waals surface area contributed by atoms with E-state index in [0.717, 1.165) is 29.7 Å². The van der Waals surface area contributed by atoms with Gasteiger partial charge in [-0.2, -0.15) is 0 Å². The van der Waals surface area contributed by atoms with E-state index in [1.54, 1.807) is 26.8 Å². The summed E-state index contributed by atoms with van der Waals surface area (Å²) in [5, 5.41) is 89.4. The molecule has 8 rings (SSSR count). The monoisotopic (exact) mass is 1160 g/mol. The zero-order valence-corrected chi connectivity index (χ0v) is 48.6. The third kappa shape index (κ3) is 16.6. The number of fused-ring (bicyclic) bond motifs is 2. The quantitative estimate of drug-likeness (QED) is 0.0425. The van der Waals surface area contributed by atoms with E-state index in [0.29, 0.717) is 40.2 Å². The van der Waals surface area contributed by atoms with Crippen molar-refractivity contribution in [2.24, 2.45) is 17.8 Å². The van der Waals surface area contributed by atoms with Gasteiger partial charge in [0.15, 0.2) is 29.0 Å². The number of hydrogen-bond acceptors (Lipinski definition) is 22. The molecular formula is C61H80O22. The molecule has 0 spiro atoms. The van der Waals surface area contributed by atoms with Gasteiger partial charge in [-0.25, -0.2) is 4.79 Å². The molecule has 0 radical (unpaired) electrons. The Morgan fingerprint density at radius 3 is 2.11 bits per heavy atom. The third-order valence-electron chi connectivity index (χ3n) is 14.7. The van der Waals surface area contributed by atoms with Crippen LogP contribution in [0.15, 0.2) is 99.3 Å². The van der Waals surface area contributed by atoms with E-state index in [1.165, 1.54) is 50.5 Å². The maximum atomic E-state index is 12.2. The van der Waals surface area contributed by atoms with Crippen LogP contribution in [0.25, 0.3) is 11.0 Å². The predicted octanol–water partition coefficient (Wildman–Crippen LogP) is 5.53. The second-order valence-electron chi connectivity index (χ2n) is 20.7. The van der Waals surface area contributed by atoms with Gasteiger partial charge in [-0.3, -0.25) is 14.4 Å². The van der Waals surface area contributed by atoms with Gasteiger partial charge in [-0.1, -0.05) is 58.4 Å². The number of aliphatic hydroxyl groups is 7. The average molecular weight is 1170 g/mol. The second-order valence-corrected chi connectivity index (χ2v) is 20.7. The minimum atomic E-state index is -1.64. The van der Waals surface area contributed by atoms with Gasteiger partial charge >= 0.3 is 11.9 Å². The molecule has 0 bridgehead atoms. The van der Waals surface area contributed by atoms with Gasteiger partial charge in [0.1, 0.15) is 54.1 Å². The van der Waals surface area contributed by atoms with E-state index in [9.17, 15) is 65.1 Å². The van der Waals surface area contributed by atoms with Crippen molar-refractivity contribution in [3.05, 3.63) is 128 Å². The summed E-state index contributed by atoms with van der Waals surface area (Å²) in [4.78, 5) is 48.0. The number of hydrogen-bond donors (Lipinski definition) is 9. The Bertz CT molecular complexity index is 3000. The van der Waals surface area contributed by atoms with Crippen LogP contribution in [0.2, 0.25) is 0 Å². The van der Waals surface area contributed by atoms with Crippen molar-refractivity contribution in [3.63, 3.8) is 0 Å². The summed E-state index contributed by atoms with van der Waals surface area (Å²) in [5.74, 6) is -0.965. The molecule has 3 aromatic carbocycles. The number of esters is 2. The molecule has 12 unspecified atom stereocenters.